The molecule has 0 N–H and O–H groups in total. The molecule has 3 rings (SSSR count). The van der Waals surface area contributed by atoms with Gasteiger partial charge < -0.3 is 18.9 Å². The first-order valence-corrected chi connectivity index (χ1v) is 11.3. The second kappa shape index (κ2) is 13.0. The lowest BCUT2D eigenvalue weighted by Crippen LogP contribution is -2.07. The van der Waals surface area contributed by atoms with Crippen LogP contribution < -0.4 is 9.47 Å². The van der Waals surface area contributed by atoms with Gasteiger partial charge in [-0.1, -0.05) is 55.6 Å². The zero-order chi connectivity index (χ0) is 28.4. The third kappa shape index (κ3) is 8.22. The molecule has 6 nitrogen and oxygen atoms in total. The summed E-state index contributed by atoms with van der Waals surface area (Å²) >= 11 is 0. The van der Waals surface area contributed by atoms with Crippen LogP contribution in [0.15, 0.2) is 117 Å². The molecule has 0 saturated heterocycles. The lowest BCUT2D eigenvalue weighted by molar-refractivity contribution is -0.139. The van der Waals surface area contributed by atoms with Crippen molar-refractivity contribution in [2.24, 2.45) is 0 Å². The molecule has 0 fully saturated rings. The molecule has 0 aliphatic carbocycles. The second-order valence-corrected chi connectivity index (χ2v) is 7.92. The number of esters is 2. The number of benzene rings is 3. The standard InChI is InChI=1S/C30H23F3O6/c1-4-28(34)38-17-15-36-25-12-9-22(10-13-25)21-5-7-23(8-6-21)24-11-14-27(26(19-24)30(31,32)33)37-16-18-39-29(35)20(2)3/h4-19H,1-2H2,3H3/b17-15-,18-16-. The summed E-state index contributed by atoms with van der Waals surface area (Å²) in [7, 11) is 0. The normalized spacial score (nSPS) is 11.3. The van der Waals surface area contributed by atoms with Crippen molar-refractivity contribution in [3.8, 4) is 33.8 Å². The van der Waals surface area contributed by atoms with Gasteiger partial charge in [-0.25, -0.2) is 9.59 Å². The molecule has 0 spiro atoms. The predicted octanol–water partition coefficient (Wildman–Crippen LogP) is 7.59. The van der Waals surface area contributed by atoms with Gasteiger partial charge in [-0.3, -0.25) is 0 Å². The van der Waals surface area contributed by atoms with Crippen LogP contribution in [0.4, 0.5) is 13.2 Å². The average molecular weight is 537 g/mol. The molecule has 0 atom stereocenters. The first kappa shape index (κ1) is 28.5. The molecule has 0 amide bonds. The van der Waals surface area contributed by atoms with Gasteiger partial charge in [-0.2, -0.15) is 13.2 Å². The zero-order valence-electron chi connectivity index (χ0n) is 20.7. The maximum atomic E-state index is 13.7. The van der Waals surface area contributed by atoms with E-state index in [1.54, 1.807) is 36.4 Å². The van der Waals surface area contributed by atoms with Gasteiger partial charge in [0.25, 0.3) is 0 Å². The highest BCUT2D eigenvalue weighted by Gasteiger charge is 2.34. The molecule has 0 saturated carbocycles. The maximum Gasteiger partial charge on any atom is 0.420 e. The fraction of sp³-hybridized carbons (Fsp3) is 0.0667. The number of carbonyl (C=O) groups excluding carboxylic acids is 2. The summed E-state index contributed by atoms with van der Waals surface area (Å²) in [6.45, 7) is 8.12. The van der Waals surface area contributed by atoms with Crippen molar-refractivity contribution < 1.29 is 41.7 Å². The Kier molecular flexibility index (Phi) is 9.48. The molecular formula is C30H23F3O6. The van der Waals surface area contributed by atoms with E-state index in [1.165, 1.54) is 25.3 Å². The summed E-state index contributed by atoms with van der Waals surface area (Å²) in [6, 6.07) is 17.7. The van der Waals surface area contributed by atoms with Crippen molar-refractivity contribution >= 4 is 11.9 Å². The van der Waals surface area contributed by atoms with Crippen LogP contribution in [0.5, 0.6) is 11.5 Å². The van der Waals surface area contributed by atoms with Crippen LogP contribution in [0.3, 0.4) is 0 Å². The Morgan fingerprint density at radius 1 is 0.744 bits per heavy atom. The molecule has 39 heavy (non-hydrogen) atoms. The Balaban J connectivity index is 1.72. The van der Waals surface area contributed by atoms with Crippen LogP contribution in [0.2, 0.25) is 0 Å². The summed E-state index contributed by atoms with van der Waals surface area (Å²) in [4.78, 5) is 22.3. The Hall–Kier alpha value is -5.05. The molecule has 0 bridgehead atoms. The smallest absolute Gasteiger partial charge is 0.420 e. The number of alkyl halides is 3. The van der Waals surface area contributed by atoms with E-state index in [0.29, 0.717) is 16.9 Å². The van der Waals surface area contributed by atoms with Crippen LogP contribution in [0, 0.1) is 0 Å². The van der Waals surface area contributed by atoms with E-state index in [1.807, 2.05) is 12.1 Å². The van der Waals surface area contributed by atoms with Crippen molar-refractivity contribution in [3.63, 3.8) is 0 Å². The van der Waals surface area contributed by atoms with E-state index in [2.05, 4.69) is 22.6 Å². The van der Waals surface area contributed by atoms with Gasteiger partial charge in [0.1, 0.15) is 36.5 Å². The van der Waals surface area contributed by atoms with Crippen molar-refractivity contribution in [1.82, 2.24) is 0 Å². The SMILES string of the molecule is C=CC(=O)O/C=C\Oc1ccc(-c2ccc(-c3ccc(O/C=C\OC(=O)C(=C)C)c(C(F)(F)F)c3)cc2)cc1. The summed E-state index contributed by atoms with van der Waals surface area (Å²) in [5.41, 5.74) is 1.76. The van der Waals surface area contributed by atoms with Gasteiger partial charge in [0.2, 0.25) is 0 Å². The van der Waals surface area contributed by atoms with Gasteiger partial charge in [0.15, 0.2) is 0 Å². The Morgan fingerprint density at radius 3 is 1.82 bits per heavy atom. The van der Waals surface area contributed by atoms with Crippen molar-refractivity contribution in [3.05, 3.63) is 122 Å². The van der Waals surface area contributed by atoms with Crippen molar-refractivity contribution in [1.29, 1.82) is 0 Å². The highest BCUT2D eigenvalue weighted by Crippen LogP contribution is 2.39. The molecule has 0 aliphatic heterocycles. The van der Waals surface area contributed by atoms with E-state index < -0.39 is 29.4 Å². The average Bonchev–Trinajstić information content (AvgIpc) is 2.93. The summed E-state index contributed by atoms with van der Waals surface area (Å²) < 4.78 is 60.9. The molecular weight excluding hydrogens is 513 g/mol. The number of halogens is 3. The van der Waals surface area contributed by atoms with Gasteiger partial charge >= 0.3 is 18.1 Å². The molecule has 3 aromatic carbocycles. The summed E-state index contributed by atoms with van der Waals surface area (Å²) in [5.74, 6) is -1.27. The molecule has 0 unspecified atom stereocenters. The molecule has 3 aromatic rings. The fourth-order valence-corrected chi connectivity index (χ4v) is 3.16. The second-order valence-electron chi connectivity index (χ2n) is 7.92. The monoisotopic (exact) mass is 536 g/mol. The van der Waals surface area contributed by atoms with Gasteiger partial charge in [0.05, 0.1) is 5.56 Å². The van der Waals surface area contributed by atoms with E-state index in [4.69, 9.17) is 9.47 Å². The summed E-state index contributed by atoms with van der Waals surface area (Å²) in [6.07, 6.45) is 0.351. The summed E-state index contributed by atoms with van der Waals surface area (Å²) in [5, 5.41) is 0. The number of rotatable bonds is 10. The minimum absolute atomic E-state index is 0.134. The molecule has 0 heterocycles. The lowest BCUT2D eigenvalue weighted by atomic mass is 9.98. The highest BCUT2D eigenvalue weighted by atomic mass is 19.4. The zero-order valence-corrected chi connectivity index (χ0v) is 20.7. The molecule has 0 aromatic heterocycles. The molecule has 0 radical (unpaired) electrons. The van der Waals surface area contributed by atoms with Crippen LogP contribution in [-0.4, -0.2) is 11.9 Å². The van der Waals surface area contributed by atoms with E-state index in [-0.39, 0.29) is 5.57 Å². The molecule has 0 aliphatic rings. The van der Waals surface area contributed by atoms with E-state index in [9.17, 15) is 22.8 Å². The van der Waals surface area contributed by atoms with Crippen molar-refractivity contribution in [2.75, 3.05) is 0 Å². The quantitative estimate of drug-likeness (QED) is 0.151. The Labute approximate surface area is 222 Å². The minimum Gasteiger partial charge on any atom is -0.462 e. The molecule has 200 valence electrons. The highest BCUT2D eigenvalue weighted by molar-refractivity contribution is 5.87. The number of ether oxygens (including phenoxy) is 4. The first-order valence-electron chi connectivity index (χ1n) is 11.3. The number of carbonyl (C=O) groups is 2. The largest absolute Gasteiger partial charge is 0.462 e. The topological polar surface area (TPSA) is 71.1 Å². The predicted molar refractivity (Wildman–Crippen MR) is 139 cm³/mol. The minimum atomic E-state index is -4.68. The third-order valence-corrected chi connectivity index (χ3v) is 5.08. The number of hydrogen-bond donors (Lipinski definition) is 0. The Bertz CT molecular complexity index is 1400. The van der Waals surface area contributed by atoms with Gasteiger partial charge in [-0.15, -0.1) is 0 Å². The van der Waals surface area contributed by atoms with E-state index in [0.717, 1.165) is 42.1 Å². The van der Waals surface area contributed by atoms with Gasteiger partial charge in [-0.05, 0) is 53.4 Å². The number of hydrogen-bond acceptors (Lipinski definition) is 6. The lowest BCUT2D eigenvalue weighted by Gasteiger charge is -2.14. The van der Waals surface area contributed by atoms with Crippen LogP contribution in [0.25, 0.3) is 22.3 Å². The van der Waals surface area contributed by atoms with Crippen LogP contribution in [0.1, 0.15) is 12.5 Å². The maximum absolute atomic E-state index is 13.7. The van der Waals surface area contributed by atoms with Crippen LogP contribution in [-0.2, 0) is 25.2 Å². The molecule has 9 heteroatoms. The third-order valence-electron chi connectivity index (χ3n) is 5.08. The first-order chi connectivity index (χ1) is 18.6. The fourth-order valence-electron chi connectivity index (χ4n) is 3.16. The Morgan fingerprint density at radius 2 is 1.26 bits per heavy atom. The van der Waals surface area contributed by atoms with Gasteiger partial charge in [0, 0.05) is 11.6 Å². The van der Waals surface area contributed by atoms with E-state index >= 15 is 0 Å². The van der Waals surface area contributed by atoms with Crippen molar-refractivity contribution in [2.45, 2.75) is 13.1 Å². The van der Waals surface area contributed by atoms with Crippen LogP contribution >= 0.6 is 0 Å².